The second-order valence-corrected chi connectivity index (χ2v) is 9.21. The second kappa shape index (κ2) is 4.61. The maximum atomic E-state index is 13.2. The molecule has 120 valence electrons. The van der Waals surface area contributed by atoms with E-state index in [0.29, 0.717) is 16.7 Å². The molecule has 1 aliphatic heterocycles. The van der Waals surface area contributed by atoms with Crippen molar-refractivity contribution in [3.05, 3.63) is 0 Å². The van der Waals surface area contributed by atoms with Crippen LogP contribution in [0.15, 0.2) is 0 Å². The molecule has 0 aromatic carbocycles. The number of halogens is 1. The Bertz CT molecular complexity index is 448. The molecule has 21 heavy (non-hydrogen) atoms. The quantitative estimate of drug-likeness (QED) is 0.809. The number of hydrogen-bond donors (Lipinski definition) is 1. The Labute approximate surface area is 134 Å². The number of rotatable bonds is 1. The SMILES string of the molecule is CC12CC3CC(C)(C1)CC(C(=O)N1CCC(N)C1)(C3)C2.Cl. The van der Waals surface area contributed by atoms with Crippen molar-refractivity contribution in [2.45, 2.75) is 64.8 Å². The first-order valence-electron chi connectivity index (χ1n) is 8.37. The van der Waals surface area contributed by atoms with Gasteiger partial charge in [0.2, 0.25) is 5.91 Å². The van der Waals surface area contributed by atoms with Gasteiger partial charge in [-0.2, -0.15) is 0 Å². The number of nitrogens with two attached hydrogens (primary N) is 1. The van der Waals surface area contributed by atoms with E-state index < -0.39 is 0 Å². The van der Waals surface area contributed by atoms with Crippen molar-refractivity contribution < 1.29 is 4.79 Å². The van der Waals surface area contributed by atoms with Gasteiger partial charge in [-0.25, -0.2) is 0 Å². The van der Waals surface area contributed by atoms with E-state index in [0.717, 1.165) is 44.7 Å². The van der Waals surface area contributed by atoms with Crippen molar-refractivity contribution in [3.63, 3.8) is 0 Å². The number of hydrogen-bond acceptors (Lipinski definition) is 2. The van der Waals surface area contributed by atoms with Crippen LogP contribution in [-0.4, -0.2) is 29.9 Å². The number of carbonyl (C=O) groups is 1. The zero-order valence-electron chi connectivity index (χ0n) is 13.4. The number of carbonyl (C=O) groups excluding carboxylic acids is 1. The van der Waals surface area contributed by atoms with Crippen LogP contribution in [0.1, 0.15) is 58.8 Å². The standard InChI is InChI=1S/C17H28N2O.ClH/c1-15-5-12-6-16(2,9-15)11-17(7-12,10-15)14(20)19-4-3-13(18)8-19;/h12-13H,3-11,18H2,1-2H3;1H. The Morgan fingerprint density at radius 1 is 1.10 bits per heavy atom. The van der Waals surface area contributed by atoms with Crippen molar-refractivity contribution in [2.75, 3.05) is 13.1 Å². The van der Waals surface area contributed by atoms with Crippen LogP contribution in [0.25, 0.3) is 0 Å². The summed E-state index contributed by atoms with van der Waals surface area (Å²) in [5.74, 6) is 1.24. The number of likely N-dealkylation sites (tertiary alicyclic amines) is 1. The van der Waals surface area contributed by atoms with E-state index >= 15 is 0 Å². The van der Waals surface area contributed by atoms with Gasteiger partial charge >= 0.3 is 0 Å². The molecule has 4 aliphatic carbocycles. The Hall–Kier alpha value is -0.280. The second-order valence-electron chi connectivity index (χ2n) is 9.21. The summed E-state index contributed by atoms with van der Waals surface area (Å²) in [7, 11) is 0. The van der Waals surface area contributed by atoms with Gasteiger partial charge in [-0.1, -0.05) is 13.8 Å². The van der Waals surface area contributed by atoms with E-state index in [4.69, 9.17) is 5.73 Å². The molecule has 1 amide bonds. The summed E-state index contributed by atoms with van der Waals surface area (Å²) in [6.07, 6.45) is 8.47. The lowest BCUT2D eigenvalue weighted by Gasteiger charge is -2.65. The minimum absolute atomic E-state index is 0. The Kier molecular flexibility index (Phi) is 3.43. The van der Waals surface area contributed by atoms with Crippen molar-refractivity contribution in [2.24, 2.45) is 27.9 Å². The minimum Gasteiger partial charge on any atom is -0.341 e. The van der Waals surface area contributed by atoms with Crippen LogP contribution in [0, 0.1) is 22.2 Å². The molecular weight excluding hydrogens is 284 g/mol. The van der Waals surface area contributed by atoms with Crippen molar-refractivity contribution in [1.29, 1.82) is 0 Å². The zero-order chi connectivity index (χ0) is 14.2. The molecule has 4 bridgehead atoms. The van der Waals surface area contributed by atoms with Crippen LogP contribution in [0.2, 0.25) is 0 Å². The fourth-order valence-corrected chi connectivity index (χ4v) is 6.99. The minimum atomic E-state index is -0.0347. The van der Waals surface area contributed by atoms with E-state index in [1.54, 1.807) is 0 Å². The van der Waals surface area contributed by atoms with Gasteiger partial charge in [-0.15, -0.1) is 12.4 Å². The van der Waals surface area contributed by atoms with Crippen LogP contribution in [0.5, 0.6) is 0 Å². The van der Waals surface area contributed by atoms with Crippen LogP contribution < -0.4 is 5.73 Å². The third-order valence-corrected chi connectivity index (χ3v) is 6.59. The summed E-state index contributed by atoms with van der Waals surface area (Å²) < 4.78 is 0. The maximum absolute atomic E-state index is 13.2. The zero-order valence-corrected chi connectivity index (χ0v) is 14.2. The fourth-order valence-electron chi connectivity index (χ4n) is 6.99. The average molecular weight is 313 g/mol. The Morgan fingerprint density at radius 2 is 1.71 bits per heavy atom. The summed E-state index contributed by atoms with van der Waals surface area (Å²) in [6.45, 7) is 6.56. The summed E-state index contributed by atoms with van der Waals surface area (Å²) in [5, 5.41) is 0. The van der Waals surface area contributed by atoms with Gasteiger partial charge in [0.1, 0.15) is 0 Å². The predicted octanol–water partition coefficient (Wildman–Crippen LogP) is 2.96. The van der Waals surface area contributed by atoms with Crippen molar-refractivity contribution in [1.82, 2.24) is 4.90 Å². The summed E-state index contributed by atoms with van der Waals surface area (Å²) in [4.78, 5) is 15.3. The largest absolute Gasteiger partial charge is 0.341 e. The highest BCUT2D eigenvalue weighted by Gasteiger charge is 2.63. The first-order chi connectivity index (χ1) is 9.32. The Balaban J connectivity index is 0.00000132. The van der Waals surface area contributed by atoms with Crippen LogP contribution in [0.4, 0.5) is 0 Å². The molecule has 4 heteroatoms. The summed E-state index contributed by atoms with van der Waals surface area (Å²) in [6, 6.07) is 0.207. The van der Waals surface area contributed by atoms with Gasteiger partial charge in [0.15, 0.2) is 0 Å². The van der Waals surface area contributed by atoms with Gasteiger partial charge in [0.25, 0.3) is 0 Å². The third-order valence-electron chi connectivity index (χ3n) is 6.59. The lowest BCUT2D eigenvalue weighted by atomic mass is 9.40. The van der Waals surface area contributed by atoms with E-state index in [1.807, 2.05) is 0 Å². The van der Waals surface area contributed by atoms with Crippen LogP contribution >= 0.6 is 12.4 Å². The third kappa shape index (κ3) is 2.31. The molecule has 3 atom stereocenters. The first kappa shape index (κ1) is 15.6. The smallest absolute Gasteiger partial charge is 0.228 e. The van der Waals surface area contributed by atoms with Crippen LogP contribution in [-0.2, 0) is 4.79 Å². The molecule has 2 N–H and O–H groups in total. The molecule has 0 spiro atoms. The molecular formula is C17H29ClN2O. The molecule has 5 rings (SSSR count). The molecule has 5 aliphatic rings. The monoisotopic (exact) mass is 312 g/mol. The van der Waals surface area contributed by atoms with Gasteiger partial charge in [0.05, 0.1) is 5.41 Å². The number of nitrogens with zero attached hydrogens (tertiary/aromatic N) is 1. The topological polar surface area (TPSA) is 46.3 Å². The van der Waals surface area contributed by atoms with Crippen LogP contribution in [0.3, 0.4) is 0 Å². The number of amides is 1. The fraction of sp³-hybridized carbons (Fsp3) is 0.941. The van der Waals surface area contributed by atoms with Gasteiger partial charge in [0, 0.05) is 19.1 Å². The molecule has 4 saturated carbocycles. The molecule has 3 nitrogen and oxygen atoms in total. The highest BCUT2D eigenvalue weighted by atomic mass is 35.5. The lowest BCUT2D eigenvalue weighted by Crippen LogP contribution is -2.60. The highest BCUT2D eigenvalue weighted by Crippen LogP contribution is 2.69. The predicted molar refractivity (Wildman–Crippen MR) is 86.3 cm³/mol. The van der Waals surface area contributed by atoms with Crippen molar-refractivity contribution in [3.8, 4) is 0 Å². The summed E-state index contributed by atoms with van der Waals surface area (Å²) in [5.41, 5.74) is 6.82. The molecule has 0 radical (unpaired) electrons. The molecule has 3 unspecified atom stereocenters. The summed E-state index contributed by atoms with van der Waals surface area (Å²) >= 11 is 0. The normalized spacial score (nSPS) is 51.1. The van der Waals surface area contributed by atoms with E-state index in [1.165, 1.54) is 19.3 Å². The molecule has 1 heterocycles. The van der Waals surface area contributed by atoms with E-state index in [-0.39, 0.29) is 23.9 Å². The van der Waals surface area contributed by atoms with Crippen molar-refractivity contribution >= 4 is 18.3 Å². The lowest BCUT2D eigenvalue weighted by molar-refractivity contribution is -0.178. The van der Waals surface area contributed by atoms with Gasteiger partial charge in [-0.3, -0.25) is 4.79 Å². The maximum Gasteiger partial charge on any atom is 0.228 e. The van der Waals surface area contributed by atoms with Gasteiger partial charge < -0.3 is 10.6 Å². The molecule has 0 aromatic rings. The first-order valence-corrected chi connectivity index (χ1v) is 8.37. The highest BCUT2D eigenvalue weighted by molar-refractivity contribution is 5.85. The molecule has 5 fully saturated rings. The van der Waals surface area contributed by atoms with E-state index in [2.05, 4.69) is 18.7 Å². The van der Waals surface area contributed by atoms with E-state index in [9.17, 15) is 4.79 Å². The molecule has 1 saturated heterocycles. The molecule has 0 aromatic heterocycles. The van der Waals surface area contributed by atoms with Gasteiger partial charge in [-0.05, 0) is 61.7 Å². The average Bonchev–Trinajstić information content (AvgIpc) is 2.69. The Morgan fingerprint density at radius 3 is 2.19 bits per heavy atom.